The Hall–Kier alpha value is -4.49. The number of carbonyl (C=O) groups is 2. The van der Waals surface area contributed by atoms with Crippen molar-refractivity contribution in [2.45, 2.75) is 13.5 Å². The number of rotatable bonds is 9. The SMILES string of the molecule is COCc1cc(C)nc(OCC(=O)N/N=C\c2ccc(-c3ccc(C(=O)O)cc3)o2)c1C#N. The van der Waals surface area contributed by atoms with Gasteiger partial charge < -0.3 is 19.0 Å². The molecule has 10 heteroatoms. The highest BCUT2D eigenvalue weighted by atomic mass is 16.5. The molecule has 2 heterocycles. The maximum absolute atomic E-state index is 12.1. The number of hydrogen-bond acceptors (Lipinski definition) is 8. The molecule has 0 radical (unpaired) electrons. The van der Waals surface area contributed by atoms with E-state index in [0.29, 0.717) is 28.3 Å². The van der Waals surface area contributed by atoms with Crippen LogP contribution >= 0.6 is 0 Å². The summed E-state index contributed by atoms with van der Waals surface area (Å²) in [4.78, 5) is 27.2. The number of aryl methyl sites for hydroxylation is 1. The van der Waals surface area contributed by atoms with Crippen molar-refractivity contribution in [2.24, 2.45) is 5.10 Å². The normalized spacial score (nSPS) is 10.7. The molecule has 0 saturated carbocycles. The van der Waals surface area contributed by atoms with Crippen LogP contribution in [0.5, 0.6) is 5.88 Å². The minimum absolute atomic E-state index is 0.0493. The molecule has 0 atom stereocenters. The first-order chi connectivity index (χ1) is 15.9. The summed E-state index contributed by atoms with van der Waals surface area (Å²) in [6.07, 6.45) is 1.31. The van der Waals surface area contributed by atoms with Gasteiger partial charge in [0.1, 0.15) is 23.2 Å². The average Bonchev–Trinajstić information content (AvgIpc) is 3.26. The van der Waals surface area contributed by atoms with Crippen molar-refractivity contribution in [3.63, 3.8) is 0 Å². The Kier molecular flexibility index (Phi) is 7.51. The van der Waals surface area contributed by atoms with Crippen molar-refractivity contribution >= 4 is 18.1 Å². The Morgan fingerprint density at radius 3 is 2.70 bits per heavy atom. The number of nitrogens with one attached hydrogen (secondary N) is 1. The third kappa shape index (κ3) is 6.03. The van der Waals surface area contributed by atoms with Crippen LogP contribution in [-0.4, -0.2) is 41.9 Å². The number of methoxy groups -OCH3 is 1. The van der Waals surface area contributed by atoms with Crippen LogP contribution in [0, 0.1) is 18.3 Å². The molecule has 0 aliphatic heterocycles. The molecule has 0 unspecified atom stereocenters. The number of furan rings is 1. The van der Waals surface area contributed by atoms with Crippen molar-refractivity contribution in [1.29, 1.82) is 5.26 Å². The van der Waals surface area contributed by atoms with Crippen molar-refractivity contribution in [2.75, 3.05) is 13.7 Å². The molecular weight excluding hydrogens is 428 g/mol. The smallest absolute Gasteiger partial charge is 0.335 e. The predicted octanol–water partition coefficient (Wildman–Crippen LogP) is 2.90. The number of hydrogen-bond donors (Lipinski definition) is 2. The second kappa shape index (κ2) is 10.7. The largest absolute Gasteiger partial charge is 0.478 e. The van der Waals surface area contributed by atoms with Crippen molar-refractivity contribution < 1.29 is 28.6 Å². The summed E-state index contributed by atoms with van der Waals surface area (Å²) in [6.45, 7) is 1.57. The van der Waals surface area contributed by atoms with E-state index in [0.717, 1.165) is 0 Å². The van der Waals surface area contributed by atoms with Crippen molar-refractivity contribution in [3.8, 4) is 23.3 Å². The van der Waals surface area contributed by atoms with Gasteiger partial charge in [0.25, 0.3) is 5.91 Å². The zero-order valence-corrected chi connectivity index (χ0v) is 17.9. The van der Waals surface area contributed by atoms with Crippen LogP contribution < -0.4 is 10.2 Å². The van der Waals surface area contributed by atoms with Crippen molar-refractivity contribution in [3.05, 3.63) is 70.6 Å². The quantitative estimate of drug-likeness (QED) is 0.375. The Morgan fingerprint density at radius 2 is 2.03 bits per heavy atom. The first kappa shape index (κ1) is 23.2. The van der Waals surface area contributed by atoms with Gasteiger partial charge in [0.2, 0.25) is 5.88 Å². The number of carboxylic acid groups (broad SMARTS) is 1. The number of carboxylic acids is 1. The fourth-order valence-corrected chi connectivity index (χ4v) is 2.89. The number of benzene rings is 1. The number of ether oxygens (including phenoxy) is 2. The highest BCUT2D eigenvalue weighted by Crippen LogP contribution is 2.22. The minimum Gasteiger partial charge on any atom is -0.478 e. The average molecular weight is 448 g/mol. The Balaban J connectivity index is 1.57. The molecule has 0 saturated heterocycles. The van der Waals surface area contributed by atoms with Gasteiger partial charge in [-0.3, -0.25) is 4.79 Å². The van der Waals surface area contributed by atoms with Gasteiger partial charge in [-0.15, -0.1) is 0 Å². The van der Waals surface area contributed by atoms with E-state index >= 15 is 0 Å². The molecule has 168 valence electrons. The number of pyridine rings is 1. The van der Waals surface area contributed by atoms with Gasteiger partial charge in [0.15, 0.2) is 6.61 Å². The number of nitrogens with zero attached hydrogens (tertiary/aromatic N) is 3. The van der Waals surface area contributed by atoms with Gasteiger partial charge in [-0.05, 0) is 37.3 Å². The molecule has 10 nitrogen and oxygen atoms in total. The topological polar surface area (TPSA) is 147 Å². The molecule has 3 aromatic rings. The van der Waals surface area contributed by atoms with Crippen molar-refractivity contribution in [1.82, 2.24) is 10.4 Å². The molecule has 2 aromatic heterocycles. The molecule has 0 bridgehead atoms. The lowest BCUT2D eigenvalue weighted by Gasteiger charge is -2.10. The summed E-state index contributed by atoms with van der Waals surface area (Å²) in [5.41, 5.74) is 4.63. The highest BCUT2D eigenvalue weighted by molar-refractivity contribution is 5.88. The lowest BCUT2D eigenvalue weighted by atomic mass is 10.1. The number of aromatic carboxylic acids is 1. The summed E-state index contributed by atoms with van der Waals surface area (Å²) in [7, 11) is 1.51. The van der Waals surface area contributed by atoms with E-state index < -0.39 is 18.5 Å². The van der Waals surface area contributed by atoms with E-state index in [4.69, 9.17) is 19.0 Å². The maximum Gasteiger partial charge on any atom is 0.335 e. The summed E-state index contributed by atoms with van der Waals surface area (Å²) >= 11 is 0. The van der Waals surface area contributed by atoms with E-state index in [-0.39, 0.29) is 23.6 Å². The lowest BCUT2D eigenvalue weighted by Crippen LogP contribution is -2.25. The third-order valence-electron chi connectivity index (χ3n) is 4.37. The van der Waals surface area contributed by atoms with Crippen LogP contribution in [0.3, 0.4) is 0 Å². The van der Waals surface area contributed by atoms with Gasteiger partial charge in [-0.2, -0.15) is 10.4 Å². The Bertz CT molecular complexity index is 1220. The molecular formula is C23H20N4O6. The van der Waals surface area contributed by atoms with Gasteiger partial charge in [0.05, 0.1) is 18.4 Å². The molecule has 0 aliphatic rings. The second-order valence-electron chi connectivity index (χ2n) is 6.81. The molecule has 1 amide bonds. The first-order valence-corrected chi connectivity index (χ1v) is 9.69. The van der Waals surface area contributed by atoms with Gasteiger partial charge in [0, 0.05) is 23.9 Å². The summed E-state index contributed by atoms with van der Waals surface area (Å²) in [5.74, 6) is -0.614. The summed E-state index contributed by atoms with van der Waals surface area (Å²) < 4.78 is 16.1. The van der Waals surface area contributed by atoms with E-state index in [1.54, 1.807) is 37.3 Å². The number of nitriles is 1. The molecule has 33 heavy (non-hydrogen) atoms. The Labute approximate surface area is 189 Å². The van der Waals surface area contributed by atoms with E-state index in [9.17, 15) is 14.9 Å². The monoisotopic (exact) mass is 448 g/mol. The van der Waals surface area contributed by atoms with E-state index in [2.05, 4.69) is 15.5 Å². The molecule has 3 rings (SSSR count). The number of aromatic nitrogens is 1. The molecule has 0 spiro atoms. The second-order valence-corrected chi connectivity index (χ2v) is 6.81. The number of hydrazone groups is 1. The van der Waals surface area contributed by atoms with E-state index in [1.165, 1.54) is 25.5 Å². The van der Waals surface area contributed by atoms with Crippen LogP contribution in [0.2, 0.25) is 0 Å². The maximum atomic E-state index is 12.1. The van der Waals surface area contributed by atoms with E-state index in [1.807, 2.05) is 6.07 Å². The predicted molar refractivity (Wildman–Crippen MR) is 117 cm³/mol. The van der Waals surface area contributed by atoms with Gasteiger partial charge in [-0.25, -0.2) is 15.2 Å². The van der Waals surface area contributed by atoms with Gasteiger partial charge in [-0.1, -0.05) is 12.1 Å². The minimum atomic E-state index is -1.01. The Morgan fingerprint density at radius 1 is 1.27 bits per heavy atom. The number of carbonyl (C=O) groups excluding carboxylic acids is 1. The first-order valence-electron chi connectivity index (χ1n) is 9.69. The highest BCUT2D eigenvalue weighted by Gasteiger charge is 2.14. The van der Waals surface area contributed by atoms with Crippen LogP contribution in [-0.2, 0) is 16.1 Å². The molecule has 0 fully saturated rings. The zero-order chi connectivity index (χ0) is 23.8. The zero-order valence-electron chi connectivity index (χ0n) is 17.9. The van der Waals surface area contributed by atoms with Crippen LogP contribution in [0.25, 0.3) is 11.3 Å². The summed E-state index contributed by atoms with van der Waals surface area (Å²) in [6, 6.07) is 13.3. The fourth-order valence-electron chi connectivity index (χ4n) is 2.89. The van der Waals surface area contributed by atoms with Crippen LogP contribution in [0.4, 0.5) is 0 Å². The number of amides is 1. The molecule has 0 aliphatic carbocycles. The van der Waals surface area contributed by atoms with Crippen LogP contribution in [0.15, 0.2) is 52.0 Å². The molecule has 2 N–H and O–H groups in total. The fraction of sp³-hybridized carbons (Fsp3) is 0.174. The third-order valence-corrected chi connectivity index (χ3v) is 4.37. The standard InChI is InChI=1S/C23H20N4O6/c1-14-9-17(12-31-2)19(10-24)22(26-14)32-13-21(28)27-25-11-18-7-8-20(33-18)15-3-5-16(6-4-15)23(29)30/h3-9,11H,12-13H2,1-2H3,(H,27,28)(H,29,30)/b25-11-. The molecule has 1 aromatic carbocycles. The lowest BCUT2D eigenvalue weighted by molar-refractivity contribution is -0.123. The summed E-state index contributed by atoms with van der Waals surface area (Å²) in [5, 5.41) is 22.2. The van der Waals surface area contributed by atoms with Gasteiger partial charge >= 0.3 is 5.97 Å². The van der Waals surface area contributed by atoms with Crippen LogP contribution in [0.1, 0.15) is 32.9 Å².